The summed E-state index contributed by atoms with van der Waals surface area (Å²) in [6, 6.07) is 13.4. The van der Waals surface area contributed by atoms with Gasteiger partial charge < -0.3 is 10.2 Å². The van der Waals surface area contributed by atoms with E-state index in [4.69, 9.17) is 0 Å². The van der Waals surface area contributed by atoms with E-state index in [-0.39, 0.29) is 5.41 Å². The Morgan fingerprint density at radius 2 is 1.57 bits per heavy atom. The molecule has 2 rings (SSSR count). The van der Waals surface area contributed by atoms with E-state index in [1.54, 1.807) is 12.1 Å². The molecule has 0 bridgehead atoms. The Morgan fingerprint density at radius 1 is 0.913 bits per heavy atom. The van der Waals surface area contributed by atoms with Crippen LogP contribution in [0.2, 0.25) is 0 Å². The summed E-state index contributed by atoms with van der Waals surface area (Å²) in [5, 5.41) is 19.0. The van der Waals surface area contributed by atoms with E-state index in [0.29, 0.717) is 11.5 Å². The quantitative estimate of drug-likeness (QED) is 0.759. The third-order valence-electron chi connectivity index (χ3n) is 3.75. The average molecular weight is 314 g/mol. The molecule has 0 aromatic heterocycles. The lowest BCUT2D eigenvalue weighted by molar-refractivity contribution is 0.446. The molecule has 0 saturated heterocycles. The number of phenols is 2. The smallest absolute Gasteiger partial charge is 0.119 e. The van der Waals surface area contributed by atoms with Crippen LogP contribution in [-0.4, -0.2) is 10.2 Å². The Bertz CT molecular complexity index is 609. The molecule has 0 fully saturated rings. The average Bonchev–Trinajstić information content (AvgIpc) is 2.45. The molecule has 0 amide bonds. The fourth-order valence-corrected chi connectivity index (χ4v) is 2.37. The lowest BCUT2D eigenvalue weighted by Crippen LogP contribution is -2.11. The number of para-hydroxylation sites is 1. The van der Waals surface area contributed by atoms with Crippen molar-refractivity contribution in [2.75, 3.05) is 0 Å². The number of rotatable bonds is 3. The van der Waals surface area contributed by atoms with Crippen LogP contribution in [0.25, 0.3) is 0 Å². The summed E-state index contributed by atoms with van der Waals surface area (Å²) in [5.41, 5.74) is 3.19. The van der Waals surface area contributed by atoms with Gasteiger partial charge in [0.25, 0.3) is 0 Å². The van der Waals surface area contributed by atoms with Gasteiger partial charge in [0.1, 0.15) is 11.5 Å². The third kappa shape index (κ3) is 6.35. The number of aryl methyl sites for hydroxylation is 2. The van der Waals surface area contributed by atoms with Crippen LogP contribution in [-0.2, 0) is 11.8 Å². The number of hydrogen-bond donors (Lipinski definition) is 2. The van der Waals surface area contributed by atoms with Crippen LogP contribution in [0.15, 0.2) is 42.5 Å². The van der Waals surface area contributed by atoms with Crippen molar-refractivity contribution < 1.29 is 10.2 Å². The Morgan fingerprint density at radius 3 is 2.09 bits per heavy atom. The van der Waals surface area contributed by atoms with Crippen molar-refractivity contribution in [2.24, 2.45) is 0 Å². The molecule has 0 radical (unpaired) electrons. The number of aromatic hydroxyl groups is 2. The largest absolute Gasteiger partial charge is 0.508 e. The molecule has 2 aromatic carbocycles. The SMILES string of the molecule is CCCCc1ccccc1O.Cc1ccc(C(C)(C)C)c(O)c1. The minimum absolute atomic E-state index is 0.0256. The van der Waals surface area contributed by atoms with Crippen LogP contribution < -0.4 is 0 Å². The fraction of sp³-hybridized carbons (Fsp3) is 0.429. The minimum Gasteiger partial charge on any atom is -0.508 e. The number of benzene rings is 2. The van der Waals surface area contributed by atoms with E-state index in [1.807, 2.05) is 37.3 Å². The van der Waals surface area contributed by atoms with Gasteiger partial charge >= 0.3 is 0 Å². The highest BCUT2D eigenvalue weighted by Gasteiger charge is 2.17. The summed E-state index contributed by atoms with van der Waals surface area (Å²) in [7, 11) is 0. The van der Waals surface area contributed by atoms with Gasteiger partial charge in [-0.15, -0.1) is 0 Å². The van der Waals surface area contributed by atoms with Gasteiger partial charge in [-0.1, -0.05) is 64.4 Å². The second-order valence-electron chi connectivity index (χ2n) is 7.00. The first-order valence-electron chi connectivity index (χ1n) is 8.32. The van der Waals surface area contributed by atoms with Gasteiger partial charge in [-0.3, -0.25) is 0 Å². The summed E-state index contributed by atoms with van der Waals surface area (Å²) in [6.45, 7) is 10.4. The first kappa shape index (κ1) is 19.1. The lowest BCUT2D eigenvalue weighted by atomic mass is 9.86. The number of hydrogen-bond acceptors (Lipinski definition) is 2. The first-order valence-corrected chi connectivity index (χ1v) is 8.32. The lowest BCUT2D eigenvalue weighted by Gasteiger charge is -2.20. The molecular formula is C21H30O2. The van der Waals surface area contributed by atoms with Gasteiger partial charge in [0.2, 0.25) is 0 Å². The van der Waals surface area contributed by atoms with E-state index in [9.17, 15) is 10.2 Å². The van der Waals surface area contributed by atoms with Gasteiger partial charge in [0.05, 0.1) is 0 Å². The molecule has 2 N–H and O–H groups in total. The maximum Gasteiger partial charge on any atom is 0.119 e. The van der Waals surface area contributed by atoms with Crippen LogP contribution in [0.3, 0.4) is 0 Å². The Balaban J connectivity index is 0.000000231. The Hall–Kier alpha value is -1.96. The normalized spacial score (nSPS) is 10.8. The van der Waals surface area contributed by atoms with E-state index in [2.05, 4.69) is 27.7 Å². The highest BCUT2D eigenvalue weighted by molar-refractivity contribution is 5.40. The summed E-state index contributed by atoms with van der Waals surface area (Å²) in [5.74, 6) is 0.837. The molecule has 0 aliphatic heterocycles. The van der Waals surface area contributed by atoms with Gasteiger partial charge in [-0.05, 0) is 54.0 Å². The minimum atomic E-state index is 0.0256. The van der Waals surface area contributed by atoms with Crippen molar-refractivity contribution in [3.05, 3.63) is 59.2 Å². The molecule has 0 unspecified atom stereocenters. The molecular weight excluding hydrogens is 284 g/mol. The third-order valence-corrected chi connectivity index (χ3v) is 3.75. The van der Waals surface area contributed by atoms with E-state index in [1.165, 1.54) is 6.42 Å². The molecule has 0 heterocycles. The molecule has 0 aliphatic rings. The van der Waals surface area contributed by atoms with Crippen LogP contribution in [0.1, 0.15) is 57.2 Å². The van der Waals surface area contributed by atoms with Crippen molar-refractivity contribution in [1.29, 1.82) is 0 Å². The topological polar surface area (TPSA) is 40.5 Å². The van der Waals surface area contributed by atoms with Crippen molar-refractivity contribution in [3.8, 4) is 11.5 Å². The number of phenolic OH excluding ortho intramolecular Hbond substituents is 2. The van der Waals surface area contributed by atoms with Crippen molar-refractivity contribution in [1.82, 2.24) is 0 Å². The van der Waals surface area contributed by atoms with Gasteiger partial charge in [-0.25, -0.2) is 0 Å². The molecule has 0 saturated carbocycles. The molecule has 0 aliphatic carbocycles. The zero-order valence-electron chi connectivity index (χ0n) is 15.1. The molecule has 126 valence electrons. The predicted octanol–water partition coefficient (Wildman–Crippen LogP) is 5.73. The van der Waals surface area contributed by atoms with Gasteiger partial charge in [-0.2, -0.15) is 0 Å². The first-order chi connectivity index (χ1) is 10.8. The van der Waals surface area contributed by atoms with Crippen molar-refractivity contribution in [2.45, 2.75) is 59.3 Å². The van der Waals surface area contributed by atoms with E-state index < -0.39 is 0 Å². The van der Waals surface area contributed by atoms with Gasteiger partial charge in [0, 0.05) is 0 Å². The maximum atomic E-state index is 9.63. The molecule has 2 aromatic rings. The Kier molecular flexibility index (Phi) is 7.15. The highest BCUT2D eigenvalue weighted by Crippen LogP contribution is 2.30. The van der Waals surface area contributed by atoms with Crippen LogP contribution >= 0.6 is 0 Å². The van der Waals surface area contributed by atoms with E-state index in [0.717, 1.165) is 29.5 Å². The molecule has 0 atom stereocenters. The summed E-state index contributed by atoms with van der Waals surface area (Å²) >= 11 is 0. The highest BCUT2D eigenvalue weighted by atomic mass is 16.3. The van der Waals surface area contributed by atoms with Crippen LogP contribution in [0, 0.1) is 6.92 Å². The van der Waals surface area contributed by atoms with Crippen LogP contribution in [0.4, 0.5) is 0 Å². The fourth-order valence-electron chi connectivity index (χ4n) is 2.37. The van der Waals surface area contributed by atoms with E-state index >= 15 is 0 Å². The monoisotopic (exact) mass is 314 g/mol. The molecule has 2 nitrogen and oxygen atoms in total. The second-order valence-corrected chi connectivity index (χ2v) is 7.00. The second kappa shape index (κ2) is 8.61. The molecule has 2 heteroatoms. The number of unbranched alkanes of at least 4 members (excludes halogenated alkanes) is 1. The molecule has 0 spiro atoms. The standard InChI is InChI=1S/C11H16O.C10H14O/c1-8-5-6-9(10(12)7-8)11(2,3)4;1-2-3-6-9-7-4-5-8-10(9)11/h5-7,12H,1-4H3;4-5,7-8,11H,2-3,6H2,1H3. The van der Waals surface area contributed by atoms with Crippen molar-refractivity contribution in [3.63, 3.8) is 0 Å². The van der Waals surface area contributed by atoms with Gasteiger partial charge in [0.15, 0.2) is 0 Å². The zero-order valence-corrected chi connectivity index (χ0v) is 15.1. The van der Waals surface area contributed by atoms with Crippen molar-refractivity contribution >= 4 is 0 Å². The maximum absolute atomic E-state index is 9.63. The molecule has 23 heavy (non-hydrogen) atoms. The Labute approximate surface area is 140 Å². The zero-order chi connectivity index (χ0) is 17.5. The predicted molar refractivity (Wildman–Crippen MR) is 98.3 cm³/mol. The van der Waals surface area contributed by atoms with Crippen LogP contribution in [0.5, 0.6) is 11.5 Å². The summed E-state index contributed by atoms with van der Waals surface area (Å²) in [6.07, 6.45) is 3.31. The summed E-state index contributed by atoms with van der Waals surface area (Å²) in [4.78, 5) is 0. The summed E-state index contributed by atoms with van der Waals surface area (Å²) < 4.78 is 0.